The Morgan fingerprint density at radius 3 is 2.41 bits per heavy atom. The molecule has 2 heterocycles. The molecular formula is C28H39ClN4O4. The smallest absolute Gasteiger partial charge is 0.251 e. The van der Waals surface area contributed by atoms with Crippen LogP contribution in [0.3, 0.4) is 0 Å². The molecule has 0 bridgehead atoms. The number of nitrogens with one attached hydrogen (secondary N) is 1. The number of hydrogen-bond acceptors (Lipinski definition) is 6. The number of ether oxygens (including phenoxy) is 1. The zero-order chi connectivity index (χ0) is 25.8. The molecule has 2 aliphatic carbocycles. The second kappa shape index (κ2) is 12.0. The van der Waals surface area contributed by atoms with Gasteiger partial charge in [0.2, 0.25) is 11.9 Å². The molecule has 1 aromatic rings. The van der Waals surface area contributed by atoms with Gasteiger partial charge in [0.15, 0.2) is 0 Å². The van der Waals surface area contributed by atoms with E-state index in [1.54, 1.807) is 11.0 Å². The molecule has 37 heavy (non-hydrogen) atoms. The van der Waals surface area contributed by atoms with Gasteiger partial charge in [0.1, 0.15) is 11.8 Å². The number of fused-ring (bicyclic) bond motifs is 2. The maximum absolute atomic E-state index is 13.4. The quantitative estimate of drug-likeness (QED) is 0.452. The molecule has 1 atom stereocenters. The summed E-state index contributed by atoms with van der Waals surface area (Å²) < 4.78 is 6.01. The lowest BCUT2D eigenvalue weighted by Crippen LogP contribution is -2.48. The highest BCUT2D eigenvalue weighted by atomic mass is 35.5. The normalized spacial score (nSPS) is 22.2. The molecule has 1 unspecified atom stereocenters. The highest BCUT2D eigenvalue weighted by molar-refractivity contribution is 6.32. The molecule has 9 heteroatoms. The van der Waals surface area contributed by atoms with Gasteiger partial charge in [-0.15, -0.1) is 0 Å². The number of benzene rings is 1. The van der Waals surface area contributed by atoms with Crippen LogP contribution < -0.4 is 10.1 Å². The third-order valence-corrected chi connectivity index (χ3v) is 8.62. The number of unbranched alkanes of at least 4 members (excludes halogenated alkanes) is 1. The van der Waals surface area contributed by atoms with E-state index >= 15 is 0 Å². The van der Waals surface area contributed by atoms with Crippen LogP contribution in [0.4, 0.5) is 5.69 Å². The van der Waals surface area contributed by atoms with Gasteiger partial charge in [-0.2, -0.15) is 0 Å². The van der Waals surface area contributed by atoms with E-state index in [1.807, 2.05) is 6.07 Å². The molecule has 2 saturated carbocycles. The fraction of sp³-hybridized carbons (Fsp3) is 0.679. The van der Waals surface area contributed by atoms with Crippen LogP contribution in [0.1, 0.15) is 89.0 Å². The second-order valence-corrected chi connectivity index (χ2v) is 11.3. The maximum atomic E-state index is 13.4. The molecule has 0 radical (unpaired) electrons. The fourth-order valence-electron chi connectivity index (χ4n) is 6.35. The van der Waals surface area contributed by atoms with Crippen molar-refractivity contribution in [2.45, 2.75) is 108 Å². The first-order valence-electron chi connectivity index (χ1n) is 14.1. The van der Waals surface area contributed by atoms with Crippen molar-refractivity contribution in [3.8, 4) is 5.75 Å². The van der Waals surface area contributed by atoms with Crippen LogP contribution in [0.15, 0.2) is 17.1 Å². The predicted molar refractivity (Wildman–Crippen MR) is 143 cm³/mol. The van der Waals surface area contributed by atoms with E-state index in [1.165, 1.54) is 38.5 Å². The molecule has 3 fully saturated rings. The summed E-state index contributed by atoms with van der Waals surface area (Å²) >= 11 is 6.47. The fourth-order valence-corrected chi connectivity index (χ4v) is 6.56. The van der Waals surface area contributed by atoms with Crippen LogP contribution in [0.25, 0.3) is 0 Å². The summed E-state index contributed by atoms with van der Waals surface area (Å²) in [6, 6.07) is 3.86. The van der Waals surface area contributed by atoms with Crippen LogP contribution in [0, 0.1) is 0 Å². The van der Waals surface area contributed by atoms with Crippen molar-refractivity contribution in [1.82, 2.24) is 15.1 Å². The second-order valence-electron chi connectivity index (χ2n) is 10.9. The lowest BCUT2D eigenvalue weighted by Gasteiger charge is -2.42. The molecule has 1 saturated heterocycles. The van der Waals surface area contributed by atoms with Crippen LogP contribution >= 0.6 is 11.6 Å². The Kier molecular flexibility index (Phi) is 8.55. The molecule has 0 aromatic heterocycles. The van der Waals surface area contributed by atoms with E-state index in [0.29, 0.717) is 60.0 Å². The highest BCUT2D eigenvalue weighted by Crippen LogP contribution is 2.37. The van der Waals surface area contributed by atoms with Gasteiger partial charge >= 0.3 is 0 Å². The van der Waals surface area contributed by atoms with Crippen LogP contribution in [0.2, 0.25) is 5.02 Å². The van der Waals surface area contributed by atoms with E-state index < -0.39 is 6.04 Å². The molecule has 8 nitrogen and oxygen atoms in total. The topological polar surface area (TPSA) is 94.5 Å². The van der Waals surface area contributed by atoms with Crippen molar-refractivity contribution in [3.63, 3.8) is 0 Å². The third-order valence-electron chi connectivity index (χ3n) is 8.33. The van der Waals surface area contributed by atoms with Gasteiger partial charge in [-0.05, 0) is 50.7 Å². The van der Waals surface area contributed by atoms with E-state index in [4.69, 9.17) is 16.3 Å². The number of rotatable bonds is 9. The largest absolute Gasteiger partial charge is 0.492 e. The van der Waals surface area contributed by atoms with Gasteiger partial charge in [-0.25, -0.2) is 4.99 Å². The zero-order valence-corrected chi connectivity index (χ0v) is 22.3. The Labute approximate surface area is 224 Å². The molecular weight excluding hydrogens is 492 g/mol. The van der Waals surface area contributed by atoms with Crippen molar-refractivity contribution in [1.29, 1.82) is 0 Å². The zero-order valence-electron chi connectivity index (χ0n) is 21.6. The summed E-state index contributed by atoms with van der Waals surface area (Å²) in [5.74, 6) is 1.10. The summed E-state index contributed by atoms with van der Waals surface area (Å²) in [4.78, 5) is 34.0. The van der Waals surface area contributed by atoms with Crippen LogP contribution in [0.5, 0.6) is 5.75 Å². The van der Waals surface area contributed by atoms with Gasteiger partial charge in [-0.1, -0.05) is 50.1 Å². The van der Waals surface area contributed by atoms with Gasteiger partial charge in [0.05, 0.1) is 23.9 Å². The van der Waals surface area contributed by atoms with Crippen molar-refractivity contribution in [3.05, 3.63) is 22.7 Å². The Bertz CT molecular complexity index is 1000. The third kappa shape index (κ3) is 5.90. The van der Waals surface area contributed by atoms with Gasteiger partial charge in [0, 0.05) is 30.6 Å². The number of aliphatic imine (C=N–C) groups is 1. The van der Waals surface area contributed by atoms with Crippen molar-refractivity contribution in [2.24, 2.45) is 4.99 Å². The van der Waals surface area contributed by atoms with Gasteiger partial charge in [-0.3, -0.25) is 14.9 Å². The number of guanidine groups is 1. The number of amides is 2. The number of nitrogens with zero attached hydrogens (tertiary/aromatic N) is 3. The molecule has 202 valence electrons. The van der Waals surface area contributed by atoms with Gasteiger partial charge in [0.25, 0.3) is 5.91 Å². The minimum absolute atomic E-state index is 0.253. The molecule has 2 N–H and O–H groups in total. The summed E-state index contributed by atoms with van der Waals surface area (Å²) in [7, 11) is 0. The summed E-state index contributed by atoms with van der Waals surface area (Å²) in [6.45, 7) is 0.656. The molecule has 4 aliphatic rings. The summed E-state index contributed by atoms with van der Waals surface area (Å²) in [5, 5.41) is 12.8. The van der Waals surface area contributed by atoms with Gasteiger partial charge < -0.3 is 19.6 Å². The number of aliphatic hydroxyl groups excluding tert-OH is 1. The summed E-state index contributed by atoms with van der Waals surface area (Å²) in [6.07, 6.45) is 14.4. The van der Waals surface area contributed by atoms with Crippen molar-refractivity contribution in [2.75, 3.05) is 13.2 Å². The first-order chi connectivity index (χ1) is 18.0. The van der Waals surface area contributed by atoms with Crippen molar-refractivity contribution >= 4 is 35.1 Å². The predicted octanol–water partition coefficient (Wildman–Crippen LogP) is 4.68. The van der Waals surface area contributed by atoms with E-state index in [2.05, 4.69) is 15.2 Å². The minimum atomic E-state index is -0.633. The van der Waals surface area contributed by atoms with Crippen molar-refractivity contribution < 1.29 is 19.4 Å². The number of halogens is 1. The number of carbonyl (C=O) groups is 2. The standard InChI is InChI=1S/C28H39ClN4O4/c29-22-16-23-19(17-32-24(18-34)27(36)31-28(32)30-23)15-25(22)37-14-8-7-13-26(35)33(20-9-3-1-4-10-20)21-11-5-2-6-12-21/h15-16,20-21,24,34H,1-14,17-18H2,(H,30,31,36). The maximum Gasteiger partial charge on any atom is 0.251 e. The first-order valence-corrected chi connectivity index (χ1v) is 14.5. The monoisotopic (exact) mass is 530 g/mol. The average Bonchev–Trinajstić information content (AvgIpc) is 3.22. The first kappa shape index (κ1) is 26.3. The highest BCUT2D eigenvalue weighted by Gasteiger charge is 2.39. The molecule has 2 aliphatic heterocycles. The van der Waals surface area contributed by atoms with Crippen LogP contribution in [-0.2, 0) is 16.1 Å². The molecule has 0 spiro atoms. The Balaban J connectivity index is 1.13. The summed E-state index contributed by atoms with van der Waals surface area (Å²) in [5.41, 5.74) is 1.59. The molecule has 5 rings (SSSR count). The Morgan fingerprint density at radius 1 is 1.08 bits per heavy atom. The lowest BCUT2D eigenvalue weighted by molar-refractivity contribution is -0.138. The Morgan fingerprint density at radius 2 is 1.76 bits per heavy atom. The van der Waals surface area contributed by atoms with E-state index in [0.717, 1.165) is 44.1 Å². The van der Waals surface area contributed by atoms with Crippen LogP contribution in [-0.4, -0.2) is 64.0 Å². The molecule has 1 aromatic carbocycles. The lowest BCUT2D eigenvalue weighted by atomic mass is 9.88. The number of carbonyl (C=O) groups excluding carboxylic acids is 2. The minimum Gasteiger partial charge on any atom is -0.492 e. The van der Waals surface area contributed by atoms with E-state index in [-0.39, 0.29) is 12.5 Å². The Hall–Kier alpha value is -2.32. The number of hydrogen-bond donors (Lipinski definition) is 2. The van der Waals surface area contributed by atoms with E-state index in [9.17, 15) is 14.7 Å². The average molecular weight is 531 g/mol. The molecule has 2 amide bonds. The SMILES string of the molecule is O=C1NC2=Nc3cc(Cl)c(OCCCCC(=O)N(C4CCCCC4)C4CCCCC4)cc3CN2C1CO. The number of aliphatic hydroxyl groups is 1.